The van der Waals surface area contributed by atoms with Crippen LogP contribution in [0.15, 0.2) is 52.1 Å². The zero-order valence-corrected chi connectivity index (χ0v) is 18.0. The summed E-state index contributed by atoms with van der Waals surface area (Å²) in [5.74, 6) is 2.58. The number of aryl methyl sites for hydroxylation is 1. The molecule has 0 saturated carbocycles. The predicted octanol–water partition coefficient (Wildman–Crippen LogP) is 3.81. The summed E-state index contributed by atoms with van der Waals surface area (Å²) in [4.78, 5) is 9.02. The summed E-state index contributed by atoms with van der Waals surface area (Å²) in [6.45, 7) is 7.45. The molecule has 0 amide bonds. The number of hydrogen-bond donors (Lipinski definition) is 3. The van der Waals surface area contributed by atoms with Gasteiger partial charge in [0.25, 0.3) is 0 Å². The van der Waals surface area contributed by atoms with Crippen LogP contribution in [0.3, 0.4) is 0 Å². The lowest BCUT2D eigenvalue weighted by Gasteiger charge is -2.19. The first-order chi connectivity index (χ1) is 12.7. The number of nitrogens with zero attached hydrogens (tertiary/aromatic N) is 3. The number of halogens is 1. The minimum absolute atomic E-state index is 0. The zero-order valence-electron chi connectivity index (χ0n) is 15.7. The normalized spacial score (nSPS) is 12.3. The Labute approximate surface area is 176 Å². The van der Waals surface area contributed by atoms with Gasteiger partial charge in [0.15, 0.2) is 11.7 Å². The molecule has 0 aliphatic carbocycles. The molecule has 2 aromatic heterocycles. The molecule has 7 nitrogen and oxygen atoms in total. The van der Waals surface area contributed by atoms with Crippen molar-refractivity contribution in [2.45, 2.75) is 33.4 Å². The molecule has 0 radical (unpaired) electrons. The second-order valence-corrected chi connectivity index (χ2v) is 6.00. The second kappa shape index (κ2) is 10.1. The average Bonchev–Trinajstić information content (AvgIpc) is 3.31. The van der Waals surface area contributed by atoms with E-state index in [1.807, 2.05) is 25.1 Å². The highest BCUT2D eigenvalue weighted by Crippen LogP contribution is 2.17. The van der Waals surface area contributed by atoms with E-state index in [0.717, 1.165) is 12.5 Å². The Morgan fingerprint density at radius 2 is 2.07 bits per heavy atom. The molecule has 3 aromatic rings. The number of hydrogen-bond acceptors (Lipinski definition) is 4. The van der Waals surface area contributed by atoms with Gasteiger partial charge in [-0.1, -0.05) is 24.3 Å². The van der Waals surface area contributed by atoms with E-state index in [1.165, 1.54) is 11.1 Å². The monoisotopic (exact) mass is 480 g/mol. The number of guanidine groups is 1. The number of furan rings is 1. The van der Waals surface area contributed by atoms with Gasteiger partial charge in [0.1, 0.15) is 12.4 Å². The van der Waals surface area contributed by atoms with Crippen molar-refractivity contribution in [3.05, 3.63) is 59.6 Å². The van der Waals surface area contributed by atoms with Crippen LogP contribution in [-0.2, 0) is 6.54 Å². The Balaban J connectivity index is 0.00000261. The molecule has 0 saturated heterocycles. The van der Waals surface area contributed by atoms with E-state index in [-0.39, 0.29) is 30.0 Å². The number of aromatic nitrogens is 3. The standard InChI is InChI=1S/C19H24N6O.HI/c1-4-20-19(22-14(3)15-9-6-5-8-13(15)2)21-12-17-23-18(25-24-17)16-10-7-11-26-16;/h5-11,14H,4,12H2,1-3H3,(H2,20,21,22)(H,23,24,25);1H. The van der Waals surface area contributed by atoms with Crippen molar-refractivity contribution < 1.29 is 4.42 Å². The molecule has 3 N–H and O–H groups in total. The maximum Gasteiger partial charge on any atom is 0.216 e. The molecule has 1 atom stereocenters. The molecule has 144 valence electrons. The summed E-state index contributed by atoms with van der Waals surface area (Å²) in [5.41, 5.74) is 2.50. The number of aromatic amines is 1. The maximum absolute atomic E-state index is 5.30. The molecule has 1 unspecified atom stereocenters. The Kier molecular flexibility index (Phi) is 7.83. The van der Waals surface area contributed by atoms with E-state index < -0.39 is 0 Å². The topological polar surface area (TPSA) is 91.1 Å². The maximum atomic E-state index is 5.30. The summed E-state index contributed by atoms with van der Waals surface area (Å²) in [6.07, 6.45) is 1.60. The van der Waals surface area contributed by atoms with Crippen LogP contribution in [0.2, 0.25) is 0 Å². The van der Waals surface area contributed by atoms with E-state index in [0.29, 0.717) is 24.0 Å². The summed E-state index contributed by atoms with van der Waals surface area (Å²) in [7, 11) is 0. The molecule has 0 aliphatic rings. The van der Waals surface area contributed by atoms with Crippen LogP contribution in [0.1, 0.15) is 36.8 Å². The minimum Gasteiger partial charge on any atom is -0.461 e. The third kappa shape index (κ3) is 5.56. The van der Waals surface area contributed by atoms with Crippen LogP contribution >= 0.6 is 24.0 Å². The summed E-state index contributed by atoms with van der Waals surface area (Å²) in [6, 6.07) is 12.1. The molecule has 2 heterocycles. The second-order valence-electron chi connectivity index (χ2n) is 6.00. The van der Waals surface area contributed by atoms with Gasteiger partial charge in [0.2, 0.25) is 5.82 Å². The molecular formula is C19H25IN6O. The Bertz CT molecular complexity index is 859. The van der Waals surface area contributed by atoms with E-state index >= 15 is 0 Å². The minimum atomic E-state index is 0. The summed E-state index contributed by atoms with van der Waals surface area (Å²) < 4.78 is 5.30. The van der Waals surface area contributed by atoms with Gasteiger partial charge >= 0.3 is 0 Å². The fourth-order valence-electron chi connectivity index (χ4n) is 2.71. The average molecular weight is 480 g/mol. The highest BCUT2D eigenvalue weighted by molar-refractivity contribution is 14.0. The van der Waals surface area contributed by atoms with Crippen molar-refractivity contribution in [3.63, 3.8) is 0 Å². The van der Waals surface area contributed by atoms with Crippen LogP contribution in [0.5, 0.6) is 0 Å². The van der Waals surface area contributed by atoms with Gasteiger partial charge < -0.3 is 15.1 Å². The fourth-order valence-corrected chi connectivity index (χ4v) is 2.71. The molecular weight excluding hydrogens is 455 g/mol. The highest BCUT2D eigenvalue weighted by atomic mass is 127. The van der Waals surface area contributed by atoms with Gasteiger partial charge in [-0.15, -0.1) is 29.1 Å². The Hall–Kier alpha value is -2.36. The van der Waals surface area contributed by atoms with Gasteiger partial charge in [-0.2, -0.15) is 0 Å². The van der Waals surface area contributed by atoms with Gasteiger partial charge in [-0.25, -0.2) is 9.98 Å². The Morgan fingerprint density at radius 1 is 1.26 bits per heavy atom. The van der Waals surface area contributed by atoms with Crippen molar-refractivity contribution in [1.82, 2.24) is 25.8 Å². The van der Waals surface area contributed by atoms with Gasteiger partial charge in [-0.05, 0) is 44.0 Å². The van der Waals surface area contributed by atoms with Crippen LogP contribution in [0.25, 0.3) is 11.6 Å². The van der Waals surface area contributed by atoms with E-state index in [4.69, 9.17) is 4.42 Å². The molecule has 0 bridgehead atoms. The molecule has 0 fully saturated rings. The quantitative estimate of drug-likeness (QED) is 0.284. The van der Waals surface area contributed by atoms with E-state index in [2.05, 4.69) is 62.9 Å². The number of benzene rings is 1. The lowest BCUT2D eigenvalue weighted by Crippen LogP contribution is -2.38. The van der Waals surface area contributed by atoms with E-state index in [1.54, 1.807) is 6.26 Å². The lowest BCUT2D eigenvalue weighted by molar-refractivity contribution is 0.577. The number of nitrogens with one attached hydrogen (secondary N) is 3. The van der Waals surface area contributed by atoms with Crippen LogP contribution in [0.4, 0.5) is 0 Å². The molecule has 0 aliphatic heterocycles. The van der Waals surface area contributed by atoms with Crippen molar-refractivity contribution >= 4 is 29.9 Å². The first-order valence-corrected chi connectivity index (χ1v) is 8.73. The van der Waals surface area contributed by atoms with Gasteiger partial charge in [-0.3, -0.25) is 5.10 Å². The largest absolute Gasteiger partial charge is 0.461 e. The van der Waals surface area contributed by atoms with E-state index in [9.17, 15) is 0 Å². The predicted molar refractivity (Wildman–Crippen MR) is 117 cm³/mol. The first kappa shape index (κ1) is 20.9. The van der Waals surface area contributed by atoms with Crippen LogP contribution in [-0.4, -0.2) is 27.7 Å². The van der Waals surface area contributed by atoms with Gasteiger partial charge in [0, 0.05) is 6.54 Å². The van der Waals surface area contributed by atoms with Crippen molar-refractivity contribution in [2.75, 3.05) is 6.54 Å². The van der Waals surface area contributed by atoms with Crippen molar-refractivity contribution in [2.24, 2.45) is 4.99 Å². The molecule has 8 heteroatoms. The number of H-pyrrole nitrogens is 1. The van der Waals surface area contributed by atoms with Gasteiger partial charge in [0.05, 0.1) is 12.3 Å². The molecule has 0 spiro atoms. The lowest BCUT2D eigenvalue weighted by atomic mass is 10.0. The Morgan fingerprint density at radius 3 is 2.78 bits per heavy atom. The molecule has 27 heavy (non-hydrogen) atoms. The highest BCUT2D eigenvalue weighted by Gasteiger charge is 2.11. The summed E-state index contributed by atoms with van der Waals surface area (Å²) >= 11 is 0. The van der Waals surface area contributed by atoms with Crippen LogP contribution in [0, 0.1) is 6.92 Å². The smallest absolute Gasteiger partial charge is 0.216 e. The summed E-state index contributed by atoms with van der Waals surface area (Å²) in [5, 5.41) is 13.8. The SMILES string of the molecule is CCNC(=NCc1nc(-c2ccco2)n[nH]1)NC(C)c1ccccc1C.I. The third-order valence-corrected chi connectivity index (χ3v) is 4.01. The van der Waals surface area contributed by atoms with Crippen LogP contribution < -0.4 is 10.6 Å². The fraction of sp³-hybridized carbons (Fsp3) is 0.316. The van der Waals surface area contributed by atoms with Crippen molar-refractivity contribution in [3.8, 4) is 11.6 Å². The molecule has 3 rings (SSSR count). The number of aliphatic imine (C=N–C) groups is 1. The zero-order chi connectivity index (χ0) is 18.4. The number of rotatable bonds is 6. The first-order valence-electron chi connectivity index (χ1n) is 8.73. The molecule has 1 aromatic carbocycles. The van der Waals surface area contributed by atoms with Crippen molar-refractivity contribution in [1.29, 1.82) is 0 Å². The third-order valence-electron chi connectivity index (χ3n) is 4.01.